The van der Waals surface area contributed by atoms with Gasteiger partial charge < -0.3 is 14.8 Å². The highest BCUT2D eigenvalue weighted by Gasteiger charge is 2.10. The molecule has 27 heavy (non-hydrogen) atoms. The van der Waals surface area contributed by atoms with E-state index in [0.717, 1.165) is 11.3 Å². The first kappa shape index (κ1) is 18.6. The van der Waals surface area contributed by atoms with Crippen LogP contribution in [0, 0.1) is 0 Å². The molecule has 0 bridgehead atoms. The Bertz CT molecular complexity index is 882. The molecule has 0 atom stereocenters. The van der Waals surface area contributed by atoms with Crippen molar-refractivity contribution < 1.29 is 19.1 Å². The highest BCUT2D eigenvalue weighted by Crippen LogP contribution is 2.15. The second-order valence-electron chi connectivity index (χ2n) is 5.63. The number of carbonyl (C=O) groups is 2. The van der Waals surface area contributed by atoms with Crippen LogP contribution >= 0.6 is 11.3 Å². The number of esters is 1. The molecule has 1 aromatic heterocycles. The number of nitrogens with zero attached hydrogens (tertiary/aromatic N) is 1. The Labute approximate surface area is 160 Å². The summed E-state index contributed by atoms with van der Waals surface area (Å²) in [4.78, 5) is 28.1. The van der Waals surface area contributed by atoms with Gasteiger partial charge in [0.25, 0.3) is 5.91 Å². The van der Waals surface area contributed by atoms with Crippen LogP contribution in [0.5, 0.6) is 5.75 Å². The van der Waals surface area contributed by atoms with Crippen LogP contribution in [0.15, 0.2) is 65.5 Å². The number of rotatable bonds is 8. The molecular formula is C20H18N2O4S. The summed E-state index contributed by atoms with van der Waals surface area (Å²) in [6.45, 7) is 0.311. The molecule has 0 aliphatic heterocycles. The van der Waals surface area contributed by atoms with Crippen molar-refractivity contribution in [1.82, 2.24) is 10.3 Å². The second-order valence-corrected chi connectivity index (χ2v) is 6.34. The number of amides is 1. The van der Waals surface area contributed by atoms with Crippen LogP contribution in [0.3, 0.4) is 0 Å². The zero-order valence-electron chi connectivity index (χ0n) is 14.5. The monoisotopic (exact) mass is 382 g/mol. The average Bonchev–Trinajstić information content (AvgIpc) is 3.23. The van der Waals surface area contributed by atoms with Crippen LogP contribution < -0.4 is 10.1 Å². The second kappa shape index (κ2) is 9.49. The molecule has 0 unspecified atom stereocenters. The Hall–Kier alpha value is -3.19. The highest BCUT2D eigenvalue weighted by molar-refractivity contribution is 7.07. The molecule has 0 saturated carbocycles. The third-order valence-corrected chi connectivity index (χ3v) is 4.24. The lowest BCUT2D eigenvalue weighted by molar-refractivity contribution is -0.143. The molecule has 0 aliphatic carbocycles. The van der Waals surface area contributed by atoms with Gasteiger partial charge in [0.05, 0.1) is 11.2 Å². The van der Waals surface area contributed by atoms with E-state index >= 15 is 0 Å². The van der Waals surface area contributed by atoms with Gasteiger partial charge in [0.15, 0.2) is 0 Å². The van der Waals surface area contributed by atoms with Crippen LogP contribution in [0.2, 0.25) is 0 Å². The van der Waals surface area contributed by atoms with Gasteiger partial charge in [-0.2, -0.15) is 0 Å². The van der Waals surface area contributed by atoms with Crippen LogP contribution in [0.25, 0.3) is 0 Å². The fourth-order valence-corrected chi connectivity index (χ4v) is 2.78. The predicted octanol–water partition coefficient (Wildman–Crippen LogP) is 3.20. The number of ether oxygens (including phenoxy) is 2. The summed E-state index contributed by atoms with van der Waals surface area (Å²) in [6, 6.07) is 16.1. The Morgan fingerprint density at radius 2 is 1.89 bits per heavy atom. The van der Waals surface area contributed by atoms with E-state index in [1.165, 1.54) is 11.3 Å². The lowest BCUT2D eigenvalue weighted by Gasteiger charge is -2.08. The Morgan fingerprint density at radius 3 is 2.67 bits per heavy atom. The van der Waals surface area contributed by atoms with E-state index in [4.69, 9.17) is 9.47 Å². The molecule has 7 heteroatoms. The lowest BCUT2D eigenvalue weighted by atomic mass is 10.2. The number of thiazole rings is 1. The predicted molar refractivity (Wildman–Crippen MR) is 101 cm³/mol. The SMILES string of the molecule is O=C(CNC(=O)c1cccc(OCc2cscn2)c1)OCc1ccccc1. The molecule has 1 heterocycles. The molecule has 3 rings (SSSR count). The first-order valence-corrected chi connectivity index (χ1v) is 9.22. The normalized spacial score (nSPS) is 10.2. The van der Waals surface area contributed by atoms with Gasteiger partial charge in [-0.05, 0) is 23.8 Å². The summed E-state index contributed by atoms with van der Waals surface area (Å²) < 4.78 is 10.8. The Balaban J connectivity index is 1.46. The van der Waals surface area contributed by atoms with Crippen molar-refractivity contribution in [2.45, 2.75) is 13.2 Å². The van der Waals surface area contributed by atoms with Crippen molar-refractivity contribution in [3.8, 4) is 5.75 Å². The summed E-state index contributed by atoms with van der Waals surface area (Å²) in [5, 5.41) is 4.45. The molecular weight excluding hydrogens is 364 g/mol. The Morgan fingerprint density at radius 1 is 1.04 bits per heavy atom. The maximum Gasteiger partial charge on any atom is 0.325 e. The maximum absolute atomic E-state index is 12.2. The molecule has 0 spiro atoms. The zero-order chi connectivity index (χ0) is 18.9. The van der Waals surface area contributed by atoms with Crippen LogP contribution in [-0.4, -0.2) is 23.4 Å². The first-order valence-electron chi connectivity index (χ1n) is 8.28. The van der Waals surface area contributed by atoms with Crippen molar-refractivity contribution in [3.63, 3.8) is 0 Å². The van der Waals surface area contributed by atoms with Gasteiger partial charge in [-0.25, -0.2) is 4.98 Å². The number of hydrogen-bond acceptors (Lipinski definition) is 6. The highest BCUT2D eigenvalue weighted by atomic mass is 32.1. The van der Waals surface area contributed by atoms with Gasteiger partial charge in [0, 0.05) is 10.9 Å². The van der Waals surface area contributed by atoms with Gasteiger partial charge in [-0.1, -0.05) is 36.4 Å². The fraction of sp³-hybridized carbons (Fsp3) is 0.150. The third kappa shape index (κ3) is 5.93. The largest absolute Gasteiger partial charge is 0.487 e. The summed E-state index contributed by atoms with van der Waals surface area (Å²) in [5.41, 5.74) is 3.86. The minimum atomic E-state index is -0.497. The minimum absolute atomic E-state index is 0.176. The zero-order valence-corrected chi connectivity index (χ0v) is 15.3. The van der Waals surface area contributed by atoms with Crippen molar-refractivity contribution in [2.24, 2.45) is 0 Å². The van der Waals surface area contributed by atoms with Gasteiger partial charge >= 0.3 is 5.97 Å². The van der Waals surface area contributed by atoms with Crippen molar-refractivity contribution in [1.29, 1.82) is 0 Å². The average molecular weight is 382 g/mol. The molecule has 1 N–H and O–H groups in total. The molecule has 3 aromatic rings. The molecule has 0 radical (unpaired) electrons. The number of carbonyl (C=O) groups excluding carboxylic acids is 2. The molecule has 0 aliphatic rings. The topological polar surface area (TPSA) is 77.5 Å². The van der Waals surface area contributed by atoms with E-state index in [2.05, 4.69) is 10.3 Å². The van der Waals surface area contributed by atoms with Gasteiger partial charge in [0.2, 0.25) is 0 Å². The van der Waals surface area contributed by atoms with Crippen molar-refractivity contribution >= 4 is 23.2 Å². The van der Waals surface area contributed by atoms with Crippen LogP contribution in [-0.2, 0) is 22.7 Å². The van der Waals surface area contributed by atoms with Gasteiger partial charge in [-0.15, -0.1) is 11.3 Å². The summed E-state index contributed by atoms with van der Waals surface area (Å²) in [6.07, 6.45) is 0. The summed E-state index contributed by atoms with van der Waals surface area (Å²) in [5.74, 6) is -0.309. The van der Waals surface area contributed by atoms with Gasteiger partial charge in [-0.3, -0.25) is 9.59 Å². The molecule has 2 aromatic carbocycles. The number of hydrogen-bond donors (Lipinski definition) is 1. The van der Waals surface area contributed by atoms with E-state index in [1.807, 2.05) is 35.7 Å². The van der Waals surface area contributed by atoms with Crippen LogP contribution in [0.1, 0.15) is 21.6 Å². The lowest BCUT2D eigenvalue weighted by Crippen LogP contribution is -2.30. The Kier molecular flexibility index (Phi) is 6.54. The number of aromatic nitrogens is 1. The van der Waals surface area contributed by atoms with E-state index in [1.54, 1.807) is 29.8 Å². The van der Waals surface area contributed by atoms with E-state index in [-0.39, 0.29) is 19.1 Å². The van der Waals surface area contributed by atoms with E-state index in [0.29, 0.717) is 17.9 Å². The molecule has 138 valence electrons. The minimum Gasteiger partial charge on any atom is -0.487 e. The fourth-order valence-electron chi connectivity index (χ4n) is 2.24. The van der Waals surface area contributed by atoms with Crippen molar-refractivity contribution in [2.75, 3.05) is 6.54 Å². The molecule has 0 saturated heterocycles. The van der Waals surface area contributed by atoms with E-state index < -0.39 is 5.97 Å². The van der Waals surface area contributed by atoms with Gasteiger partial charge in [0.1, 0.15) is 25.5 Å². The molecule has 1 amide bonds. The van der Waals surface area contributed by atoms with Crippen LogP contribution in [0.4, 0.5) is 0 Å². The molecule has 0 fully saturated rings. The quantitative estimate of drug-likeness (QED) is 0.606. The standard InChI is InChI=1S/C20H18N2O4S/c23-19(26-11-15-5-2-1-3-6-15)10-21-20(24)16-7-4-8-18(9-16)25-12-17-13-27-14-22-17/h1-9,13-14H,10-12H2,(H,21,24). The first-order chi connectivity index (χ1) is 13.2. The van der Waals surface area contributed by atoms with Crippen molar-refractivity contribution in [3.05, 3.63) is 82.3 Å². The third-order valence-electron chi connectivity index (χ3n) is 3.60. The smallest absolute Gasteiger partial charge is 0.325 e. The van der Waals surface area contributed by atoms with E-state index in [9.17, 15) is 9.59 Å². The summed E-state index contributed by atoms with van der Waals surface area (Å²) in [7, 11) is 0. The maximum atomic E-state index is 12.2. The summed E-state index contributed by atoms with van der Waals surface area (Å²) >= 11 is 1.50. The number of nitrogens with one attached hydrogen (secondary N) is 1. The molecule has 6 nitrogen and oxygen atoms in total. The number of benzene rings is 2.